The molecule has 0 atom stereocenters. The predicted octanol–water partition coefficient (Wildman–Crippen LogP) is 2.93. The SMILES string of the molecule is Cc1cc(F)ccc1-c1cnc2[nH]c(=O)n(CCN3CCCC3)c2c1. The van der Waals surface area contributed by atoms with Crippen LogP contribution in [0, 0.1) is 12.7 Å². The van der Waals surface area contributed by atoms with E-state index in [2.05, 4.69) is 14.9 Å². The molecular weight excluding hydrogens is 319 g/mol. The van der Waals surface area contributed by atoms with Crippen molar-refractivity contribution < 1.29 is 4.39 Å². The first-order valence-electron chi connectivity index (χ1n) is 8.69. The largest absolute Gasteiger partial charge is 0.327 e. The van der Waals surface area contributed by atoms with Gasteiger partial charge in [0.1, 0.15) is 5.82 Å². The smallest absolute Gasteiger partial charge is 0.302 e. The maximum atomic E-state index is 13.4. The molecular formula is C19H21FN4O. The van der Waals surface area contributed by atoms with E-state index in [1.165, 1.54) is 25.0 Å². The molecule has 1 aliphatic rings. The summed E-state index contributed by atoms with van der Waals surface area (Å²) < 4.78 is 15.1. The molecule has 5 nitrogen and oxygen atoms in total. The Labute approximate surface area is 145 Å². The van der Waals surface area contributed by atoms with E-state index in [-0.39, 0.29) is 11.5 Å². The van der Waals surface area contributed by atoms with Crippen LogP contribution in [0.15, 0.2) is 35.3 Å². The number of aryl methyl sites for hydroxylation is 1. The summed E-state index contributed by atoms with van der Waals surface area (Å²) in [5, 5.41) is 0. The van der Waals surface area contributed by atoms with Crippen molar-refractivity contribution in [2.45, 2.75) is 26.3 Å². The number of hydrogen-bond donors (Lipinski definition) is 1. The van der Waals surface area contributed by atoms with Gasteiger partial charge >= 0.3 is 5.69 Å². The molecule has 0 radical (unpaired) electrons. The molecule has 3 heterocycles. The first-order chi connectivity index (χ1) is 12.1. The van der Waals surface area contributed by atoms with E-state index >= 15 is 0 Å². The van der Waals surface area contributed by atoms with Gasteiger partial charge in [0.05, 0.1) is 5.52 Å². The van der Waals surface area contributed by atoms with E-state index in [1.54, 1.807) is 16.8 Å². The summed E-state index contributed by atoms with van der Waals surface area (Å²) >= 11 is 0. The number of rotatable bonds is 4. The van der Waals surface area contributed by atoms with Crippen molar-refractivity contribution in [3.63, 3.8) is 0 Å². The molecule has 25 heavy (non-hydrogen) atoms. The van der Waals surface area contributed by atoms with Gasteiger partial charge in [-0.1, -0.05) is 6.07 Å². The van der Waals surface area contributed by atoms with Gasteiger partial charge in [-0.3, -0.25) is 9.55 Å². The Hall–Kier alpha value is -2.47. The lowest BCUT2D eigenvalue weighted by atomic mass is 10.0. The van der Waals surface area contributed by atoms with Gasteiger partial charge in [-0.25, -0.2) is 14.2 Å². The summed E-state index contributed by atoms with van der Waals surface area (Å²) in [7, 11) is 0. The number of aromatic nitrogens is 3. The molecule has 2 aromatic heterocycles. The summed E-state index contributed by atoms with van der Waals surface area (Å²) in [5.41, 5.74) is 3.92. The summed E-state index contributed by atoms with van der Waals surface area (Å²) in [4.78, 5) is 21.9. The number of benzene rings is 1. The highest BCUT2D eigenvalue weighted by atomic mass is 19.1. The van der Waals surface area contributed by atoms with Gasteiger partial charge < -0.3 is 4.90 Å². The maximum absolute atomic E-state index is 13.4. The summed E-state index contributed by atoms with van der Waals surface area (Å²) in [5.74, 6) is -0.251. The van der Waals surface area contributed by atoms with Crippen molar-refractivity contribution in [1.29, 1.82) is 0 Å². The molecule has 0 unspecified atom stereocenters. The molecule has 1 aromatic carbocycles. The quantitative estimate of drug-likeness (QED) is 0.794. The molecule has 0 aliphatic carbocycles. The summed E-state index contributed by atoms with van der Waals surface area (Å²) in [6.45, 7) is 5.60. The molecule has 0 amide bonds. The van der Waals surface area contributed by atoms with Gasteiger partial charge in [-0.2, -0.15) is 0 Å². The van der Waals surface area contributed by atoms with Crippen LogP contribution < -0.4 is 5.69 Å². The normalized spacial score (nSPS) is 15.3. The van der Waals surface area contributed by atoms with Crippen LogP contribution in [0.1, 0.15) is 18.4 Å². The lowest BCUT2D eigenvalue weighted by Crippen LogP contribution is -2.28. The van der Waals surface area contributed by atoms with Gasteiger partial charge in [-0.05, 0) is 62.2 Å². The van der Waals surface area contributed by atoms with Gasteiger partial charge in [0.25, 0.3) is 0 Å². The molecule has 0 spiro atoms. The number of imidazole rings is 1. The van der Waals surface area contributed by atoms with Crippen molar-refractivity contribution in [3.8, 4) is 11.1 Å². The monoisotopic (exact) mass is 340 g/mol. The zero-order valence-corrected chi connectivity index (χ0v) is 14.3. The Kier molecular flexibility index (Phi) is 4.13. The van der Waals surface area contributed by atoms with Crippen LogP contribution in [0.2, 0.25) is 0 Å². The average molecular weight is 340 g/mol. The van der Waals surface area contributed by atoms with E-state index in [0.717, 1.165) is 41.8 Å². The number of fused-ring (bicyclic) bond motifs is 1. The standard InChI is InChI=1S/C19H21FN4O/c1-13-10-15(20)4-5-16(13)14-11-17-18(21-12-14)22-19(25)24(17)9-8-23-6-2-3-7-23/h4-5,10-12H,2-3,6-9H2,1H3,(H,21,22,25). The number of pyridine rings is 1. The van der Waals surface area contributed by atoms with Crippen LogP contribution in [-0.2, 0) is 6.54 Å². The van der Waals surface area contributed by atoms with E-state index < -0.39 is 0 Å². The minimum absolute atomic E-state index is 0.130. The van der Waals surface area contributed by atoms with Crippen LogP contribution in [0.3, 0.4) is 0 Å². The van der Waals surface area contributed by atoms with Crippen LogP contribution in [-0.4, -0.2) is 39.1 Å². The first-order valence-corrected chi connectivity index (χ1v) is 8.69. The molecule has 6 heteroatoms. The van der Waals surface area contributed by atoms with Gasteiger partial charge in [0.2, 0.25) is 0 Å². The predicted molar refractivity (Wildman–Crippen MR) is 96.2 cm³/mol. The van der Waals surface area contributed by atoms with Crippen molar-refractivity contribution in [3.05, 3.63) is 52.3 Å². The van der Waals surface area contributed by atoms with E-state index in [1.807, 2.05) is 13.0 Å². The number of nitrogens with one attached hydrogen (secondary N) is 1. The van der Waals surface area contributed by atoms with E-state index in [0.29, 0.717) is 12.2 Å². The number of likely N-dealkylation sites (tertiary alicyclic amines) is 1. The third-order valence-electron chi connectivity index (χ3n) is 4.97. The average Bonchev–Trinajstić information content (AvgIpc) is 3.19. The first kappa shape index (κ1) is 16.0. The Morgan fingerprint density at radius 3 is 2.76 bits per heavy atom. The fraction of sp³-hybridized carbons (Fsp3) is 0.368. The van der Waals surface area contributed by atoms with Crippen molar-refractivity contribution in [2.24, 2.45) is 0 Å². The third-order valence-corrected chi connectivity index (χ3v) is 4.97. The number of aromatic amines is 1. The topological polar surface area (TPSA) is 53.9 Å². The van der Waals surface area contributed by atoms with E-state index in [4.69, 9.17) is 0 Å². The minimum atomic E-state index is -0.251. The lowest BCUT2D eigenvalue weighted by molar-refractivity contribution is 0.322. The lowest BCUT2D eigenvalue weighted by Gasteiger charge is -2.14. The molecule has 4 rings (SSSR count). The van der Waals surface area contributed by atoms with Gasteiger partial charge in [-0.15, -0.1) is 0 Å². The second kappa shape index (κ2) is 6.44. The molecule has 0 bridgehead atoms. The van der Waals surface area contributed by atoms with Gasteiger partial charge in [0, 0.05) is 24.8 Å². The summed E-state index contributed by atoms with van der Waals surface area (Å²) in [6, 6.07) is 6.68. The minimum Gasteiger partial charge on any atom is -0.302 e. The fourth-order valence-corrected chi connectivity index (χ4v) is 3.60. The molecule has 1 N–H and O–H groups in total. The second-order valence-corrected chi connectivity index (χ2v) is 6.68. The highest BCUT2D eigenvalue weighted by Gasteiger charge is 2.14. The van der Waals surface area contributed by atoms with Crippen LogP contribution in [0.4, 0.5) is 4.39 Å². The number of H-pyrrole nitrogens is 1. The number of halogens is 1. The van der Waals surface area contributed by atoms with Crippen molar-refractivity contribution in [1.82, 2.24) is 19.4 Å². The second-order valence-electron chi connectivity index (χ2n) is 6.68. The number of hydrogen-bond acceptors (Lipinski definition) is 3. The molecule has 130 valence electrons. The van der Waals surface area contributed by atoms with E-state index in [9.17, 15) is 9.18 Å². The van der Waals surface area contributed by atoms with Crippen LogP contribution in [0.5, 0.6) is 0 Å². The van der Waals surface area contributed by atoms with Crippen LogP contribution >= 0.6 is 0 Å². The highest BCUT2D eigenvalue weighted by Crippen LogP contribution is 2.25. The van der Waals surface area contributed by atoms with Crippen molar-refractivity contribution in [2.75, 3.05) is 19.6 Å². The van der Waals surface area contributed by atoms with Gasteiger partial charge in [0.15, 0.2) is 5.65 Å². The fourth-order valence-electron chi connectivity index (χ4n) is 3.60. The zero-order valence-electron chi connectivity index (χ0n) is 14.3. The molecule has 0 saturated carbocycles. The number of nitrogens with zero attached hydrogens (tertiary/aromatic N) is 3. The highest BCUT2D eigenvalue weighted by molar-refractivity contribution is 5.79. The Bertz CT molecular complexity index is 969. The molecule has 1 saturated heterocycles. The molecule has 1 aliphatic heterocycles. The zero-order chi connectivity index (χ0) is 17.4. The van der Waals surface area contributed by atoms with Crippen LogP contribution in [0.25, 0.3) is 22.3 Å². The Morgan fingerprint density at radius 2 is 2.00 bits per heavy atom. The molecule has 3 aromatic rings. The maximum Gasteiger partial charge on any atom is 0.327 e. The molecule has 1 fully saturated rings. The summed E-state index contributed by atoms with van der Waals surface area (Å²) in [6.07, 6.45) is 4.19. The van der Waals surface area contributed by atoms with Crippen molar-refractivity contribution >= 4 is 11.2 Å². The Morgan fingerprint density at radius 1 is 1.20 bits per heavy atom. The Balaban J connectivity index is 1.71. The third kappa shape index (κ3) is 3.09.